The third kappa shape index (κ3) is 2.91. The number of hydrogen-bond donors (Lipinski definition) is 1. The first-order valence-electron chi connectivity index (χ1n) is 5.40. The van der Waals surface area contributed by atoms with E-state index < -0.39 is 6.10 Å². The number of aliphatic hydroxyl groups is 1. The van der Waals surface area contributed by atoms with Crippen molar-refractivity contribution in [2.24, 2.45) is 0 Å². The summed E-state index contributed by atoms with van der Waals surface area (Å²) >= 11 is 0. The highest BCUT2D eigenvalue weighted by Crippen LogP contribution is 2.17. The molecule has 0 bridgehead atoms. The van der Waals surface area contributed by atoms with Crippen molar-refractivity contribution in [1.29, 1.82) is 0 Å². The highest BCUT2D eigenvalue weighted by molar-refractivity contribution is 5.16. The summed E-state index contributed by atoms with van der Waals surface area (Å²) in [6.07, 6.45) is 2.82. The van der Waals surface area contributed by atoms with Crippen molar-refractivity contribution in [3.05, 3.63) is 66.0 Å². The second-order valence-corrected chi connectivity index (χ2v) is 3.71. The van der Waals surface area contributed by atoms with Gasteiger partial charge in [0.25, 0.3) is 0 Å². The van der Waals surface area contributed by atoms with E-state index in [9.17, 15) is 5.11 Å². The molecular weight excluding hydrogens is 198 g/mol. The Morgan fingerprint density at radius 2 is 2.19 bits per heavy atom. The fourth-order valence-corrected chi connectivity index (χ4v) is 1.61. The molecule has 0 saturated carbocycles. The van der Waals surface area contributed by atoms with Crippen LogP contribution >= 0.6 is 0 Å². The molecule has 1 radical (unpaired) electrons. The van der Waals surface area contributed by atoms with Crippen molar-refractivity contribution in [3.63, 3.8) is 0 Å². The lowest BCUT2D eigenvalue weighted by Gasteiger charge is -2.09. The maximum Gasteiger partial charge on any atom is 0.0794 e. The molecule has 1 aromatic carbocycles. The molecule has 0 saturated heterocycles. The van der Waals surface area contributed by atoms with Gasteiger partial charge in [-0.3, -0.25) is 4.98 Å². The van der Waals surface area contributed by atoms with Crippen LogP contribution < -0.4 is 0 Å². The third-order valence-electron chi connectivity index (χ3n) is 2.52. The van der Waals surface area contributed by atoms with E-state index in [0.29, 0.717) is 6.42 Å². The molecule has 0 fully saturated rings. The van der Waals surface area contributed by atoms with E-state index in [-0.39, 0.29) is 0 Å². The molecule has 1 aromatic heterocycles. The van der Waals surface area contributed by atoms with Gasteiger partial charge in [0.1, 0.15) is 0 Å². The Labute approximate surface area is 95.6 Å². The normalized spacial score (nSPS) is 12.3. The maximum atomic E-state index is 9.93. The number of aryl methyl sites for hydroxylation is 1. The van der Waals surface area contributed by atoms with Crippen molar-refractivity contribution in [2.45, 2.75) is 18.9 Å². The van der Waals surface area contributed by atoms with E-state index >= 15 is 0 Å². The molecule has 0 spiro atoms. The quantitative estimate of drug-likeness (QED) is 0.844. The van der Waals surface area contributed by atoms with Crippen LogP contribution in [0.5, 0.6) is 0 Å². The van der Waals surface area contributed by atoms with E-state index in [1.807, 2.05) is 42.5 Å². The molecule has 1 N–H and O–H groups in total. The Morgan fingerprint density at radius 1 is 1.25 bits per heavy atom. The predicted octanol–water partition coefficient (Wildman–Crippen LogP) is 2.55. The van der Waals surface area contributed by atoms with Crippen molar-refractivity contribution >= 4 is 0 Å². The summed E-state index contributed by atoms with van der Waals surface area (Å²) in [4.78, 5) is 4.23. The van der Waals surface area contributed by atoms with E-state index in [1.165, 1.54) is 0 Å². The third-order valence-corrected chi connectivity index (χ3v) is 2.52. The minimum Gasteiger partial charge on any atom is -0.388 e. The Hall–Kier alpha value is -1.67. The van der Waals surface area contributed by atoms with Gasteiger partial charge in [0.2, 0.25) is 0 Å². The lowest BCUT2D eigenvalue weighted by molar-refractivity contribution is 0.167. The van der Waals surface area contributed by atoms with Gasteiger partial charge in [0.15, 0.2) is 0 Å². The molecular formula is C14H14NO. The summed E-state index contributed by atoms with van der Waals surface area (Å²) in [6.45, 7) is 0. The monoisotopic (exact) mass is 212 g/mol. The standard InChI is InChI=1S/C14H14NO/c16-14(12-6-2-1-3-7-12)10-9-13-8-4-5-11-15-13/h1-2,4-8,11,14,16H,9-10H2. The van der Waals surface area contributed by atoms with Gasteiger partial charge in [-0.2, -0.15) is 0 Å². The Kier molecular flexibility index (Phi) is 3.67. The number of aliphatic hydroxyl groups excluding tert-OH is 1. The topological polar surface area (TPSA) is 33.1 Å². The van der Waals surface area contributed by atoms with Crippen molar-refractivity contribution < 1.29 is 5.11 Å². The van der Waals surface area contributed by atoms with Crippen LogP contribution in [-0.2, 0) is 6.42 Å². The second kappa shape index (κ2) is 5.42. The lowest BCUT2D eigenvalue weighted by atomic mass is 10.0. The van der Waals surface area contributed by atoms with Gasteiger partial charge in [-0.1, -0.05) is 24.3 Å². The van der Waals surface area contributed by atoms with Crippen molar-refractivity contribution in [1.82, 2.24) is 4.98 Å². The molecule has 0 aliphatic rings. The predicted molar refractivity (Wildman–Crippen MR) is 62.8 cm³/mol. The van der Waals surface area contributed by atoms with E-state index in [4.69, 9.17) is 0 Å². The molecule has 0 amide bonds. The van der Waals surface area contributed by atoms with Crippen LogP contribution in [0.15, 0.2) is 48.7 Å². The zero-order valence-corrected chi connectivity index (χ0v) is 9.00. The summed E-state index contributed by atoms with van der Waals surface area (Å²) in [5, 5.41) is 9.93. The highest BCUT2D eigenvalue weighted by Gasteiger charge is 2.06. The van der Waals surface area contributed by atoms with Crippen LogP contribution in [0.2, 0.25) is 0 Å². The van der Waals surface area contributed by atoms with Crippen LogP contribution in [0, 0.1) is 6.07 Å². The summed E-state index contributed by atoms with van der Waals surface area (Å²) < 4.78 is 0. The van der Waals surface area contributed by atoms with Crippen LogP contribution in [0.1, 0.15) is 23.8 Å². The number of hydrogen-bond acceptors (Lipinski definition) is 2. The van der Waals surface area contributed by atoms with E-state index in [2.05, 4.69) is 11.1 Å². The molecule has 1 heterocycles. The van der Waals surface area contributed by atoms with Gasteiger partial charge in [0, 0.05) is 11.9 Å². The molecule has 16 heavy (non-hydrogen) atoms. The summed E-state index contributed by atoms with van der Waals surface area (Å²) in [6, 6.07) is 16.3. The molecule has 0 aliphatic heterocycles. The Balaban J connectivity index is 1.92. The first kappa shape index (κ1) is 10.8. The second-order valence-electron chi connectivity index (χ2n) is 3.71. The number of nitrogens with zero attached hydrogens (tertiary/aromatic N) is 1. The minimum absolute atomic E-state index is 0.431. The number of aromatic nitrogens is 1. The van der Waals surface area contributed by atoms with Gasteiger partial charge in [-0.15, -0.1) is 0 Å². The van der Waals surface area contributed by atoms with Crippen LogP contribution in [-0.4, -0.2) is 10.1 Å². The average Bonchev–Trinajstić information content (AvgIpc) is 2.38. The fraction of sp³-hybridized carbons (Fsp3) is 0.214. The van der Waals surface area contributed by atoms with Gasteiger partial charge in [-0.25, -0.2) is 0 Å². The molecule has 81 valence electrons. The molecule has 2 nitrogen and oxygen atoms in total. The average molecular weight is 212 g/mol. The Morgan fingerprint density at radius 3 is 2.88 bits per heavy atom. The SMILES string of the molecule is OC(CCc1ccccn1)c1c[c]ccc1. The number of rotatable bonds is 4. The minimum atomic E-state index is -0.431. The summed E-state index contributed by atoms with van der Waals surface area (Å²) in [7, 11) is 0. The number of pyridine rings is 1. The summed E-state index contributed by atoms with van der Waals surface area (Å²) in [5.41, 5.74) is 1.93. The Bertz CT molecular complexity index is 413. The molecule has 2 heteroatoms. The van der Waals surface area contributed by atoms with Crippen molar-refractivity contribution in [2.75, 3.05) is 0 Å². The maximum absolute atomic E-state index is 9.93. The van der Waals surface area contributed by atoms with Crippen LogP contribution in [0.4, 0.5) is 0 Å². The van der Waals surface area contributed by atoms with Gasteiger partial charge >= 0.3 is 0 Å². The zero-order valence-electron chi connectivity index (χ0n) is 9.00. The number of benzene rings is 1. The fourth-order valence-electron chi connectivity index (χ4n) is 1.61. The highest BCUT2D eigenvalue weighted by atomic mass is 16.3. The molecule has 2 aromatic rings. The summed E-state index contributed by atoms with van der Waals surface area (Å²) in [5.74, 6) is 0. The van der Waals surface area contributed by atoms with Crippen molar-refractivity contribution in [3.8, 4) is 0 Å². The van der Waals surface area contributed by atoms with Crippen LogP contribution in [0.3, 0.4) is 0 Å². The molecule has 0 aliphatic carbocycles. The van der Waals surface area contributed by atoms with Gasteiger partial charge in [0.05, 0.1) is 6.10 Å². The first-order chi connectivity index (χ1) is 7.86. The smallest absolute Gasteiger partial charge is 0.0794 e. The van der Waals surface area contributed by atoms with E-state index in [1.54, 1.807) is 6.20 Å². The molecule has 1 unspecified atom stereocenters. The lowest BCUT2D eigenvalue weighted by Crippen LogP contribution is -2.00. The van der Waals surface area contributed by atoms with Crippen LogP contribution in [0.25, 0.3) is 0 Å². The first-order valence-corrected chi connectivity index (χ1v) is 5.40. The van der Waals surface area contributed by atoms with E-state index in [0.717, 1.165) is 17.7 Å². The molecule has 1 atom stereocenters. The largest absolute Gasteiger partial charge is 0.388 e. The van der Waals surface area contributed by atoms with Gasteiger partial charge in [-0.05, 0) is 42.7 Å². The zero-order chi connectivity index (χ0) is 11.2. The van der Waals surface area contributed by atoms with Gasteiger partial charge < -0.3 is 5.11 Å². The molecule has 2 rings (SSSR count).